The van der Waals surface area contributed by atoms with Gasteiger partial charge in [-0.3, -0.25) is 14.5 Å². The van der Waals surface area contributed by atoms with Crippen LogP contribution in [0.1, 0.15) is 17.5 Å². The van der Waals surface area contributed by atoms with Gasteiger partial charge in [-0.2, -0.15) is 0 Å². The van der Waals surface area contributed by atoms with Gasteiger partial charge in [-0.1, -0.05) is 18.2 Å². The van der Waals surface area contributed by atoms with Crippen LogP contribution in [0.2, 0.25) is 0 Å². The fraction of sp³-hybridized carbons (Fsp3) is 0.190. The van der Waals surface area contributed by atoms with Gasteiger partial charge in [0.2, 0.25) is 5.91 Å². The van der Waals surface area contributed by atoms with Crippen molar-refractivity contribution in [1.82, 2.24) is 5.32 Å². The molecule has 2 heterocycles. The number of fused-ring (bicyclic) bond motifs is 1. The Balaban J connectivity index is 1.46. The number of para-hydroxylation sites is 1. The molecule has 2 aromatic carbocycles. The summed E-state index contributed by atoms with van der Waals surface area (Å²) in [4.78, 5) is 36.7. The van der Waals surface area contributed by atoms with Crippen molar-refractivity contribution < 1.29 is 27.9 Å². The van der Waals surface area contributed by atoms with Gasteiger partial charge in [0.1, 0.15) is 17.5 Å². The minimum absolute atomic E-state index is 0.0495. The molecule has 1 aliphatic rings. The summed E-state index contributed by atoms with van der Waals surface area (Å²) in [7, 11) is 0. The Labute approximate surface area is 170 Å². The lowest BCUT2D eigenvalue weighted by atomic mass is 10.2. The molecule has 3 aromatic rings. The monoisotopic (exact) mass is 411 g/mol. The number of nitrogens with zero attached hydrogens (tertiary/aromatic N) is 1. The predicted molar refractivity (Wildman–Crippen MR) is 107 cm³/mol. The van der Waals surface area contributed by atoms with E-state index >= 15 is 0 Å². The zero-order valence-corrected chi connectivity index (χ0v) is 16.0. The van der Waals surface area contributed by atoms with Gasteiger partial charge in [-0.15, -0.1) is 0 Å². The average molecular weight is 411 g/mol. The normalized spacial score (nSPS) is 15.9. The predicted octanol–water partition coefficient (Wildman–Crippen LogP) is 3.29. The lowest BCUT2D eigenvalue weighted by Gasteiger charge is -2.14. The fourth-order valence-electron chi connectivity index (χ4n) is 3.15. The van der Waals surface area contributed by atoms with Crippen molar-refractivity contribution in [3.63, 3.8) is 0 Å². The number of carbonyl (C=O) groups is 3. The third kappa shape index (κ3) is 3.95. The molecule has 8 nitrogen and oxygen atoms in total. The highest BCUT2D eigenvalue weighted by atomic mass is 19.1. The molecule has 1 fully saturated rings. The van der Waals surface area contributed by atoms with Gasteiger partial charge in [-0.25, -0.2) is 9.18 Å². The maximum atomic E-state index is 14.6. The summed E-state index contributed by atoms with van der Waals surface area (Å²) in [6.07, 6.45) is -1.17. The van der Waals surface area contributed by atoms with Crippen LogP contribution in [-0.4, -0.2) is 37.1 Å². The second kappa shape index (κ2) is 7.86. The van der Waals surface area contributed by atoms with E-state index in [2.05, 4.69) is 10.6 Å². The third-order valence-corrected chi connectivity index (χ3v) is 4.61. The van der Waals surface area contributed by atoms with E-state index in [0.29, 0.717) is 5.58 Å². The Hall–Kier alpha value is -3.88. The summed E-state index contributed by atoms with van der Waals surface area (Å²) < 4.78 is 25.2. The van der Waals surface area contributed by atoms with E-state index in [9.17, 15) is 18.8 Å². The molecule has 30 heavy (non-hydrogen) atoms. The van der Waals surface area contributed by atoms with Gasteiger partial charge in [0, 0.05) is 12.3 Å². The molecule has 1 aliphatic heterocycles. The lowest BCUT2D eigenvalue weighted by molar-refractivity contribution is -0.119. The van der Waals surface area contributed by atoms with E-state index in [1.165, 1.54) is 24.0 Å². The average Bonchev–Trinajstić information content (AvgIpc) is 3.31. The number of rotatable bonds is 5. The molecule has 0 radical (unpaired) electrons. The molecule has 1 atom stereocenters. The van der Waals surface area contributed by atoms with Crippen LogP contribution >= 0.6 is 0 Å². The van der Waals surface area contributed by atoms with Crippen molar-refractivity contribution in [3.8, 4) is 0 Å². The van der Waals surface area contributed by atoms with Crippen LogP contribution in [-0.2, 0) is 9.53 Å². The molecule has 154 valence electrons. The second-order valence-electron chi connectivity index (χ2n) is 6.82. The molecule has 0 bridgehead atoms. The van der Waals surface area contributed by atoms with E-state index in [1.807, 2.05) is 6.07 Å². The van der Waals surface area contributed by atoms with E-state index in [0.717, 1.165) is 11.5 Å². The van der Waals surface area contributed by atoms with Crippen molar-refractivity contribution in [3.05, 3.63) is 60.1 Å². The quantitative estimate of drug-likeness (QED) is 0.671. The number of furan rings is 1. The Bertz CT molecular complexity index is 1110. The first-order chi connectivity index (χ1) is 14.4. The number of anilines is 2. The lowest BCUT2D eigenvalue weighted by Crippen LogP contribution is -2.33. The van der Waals surface area contributed by atoms with Gasteiger partial charge in [0.25, 0.3) is 5.91 Å². The largest absolute Gasteiger partial charge is 0.451 e. The molecule has 0 aliphatic carbocycles. The van der Waals surface area contributed by atoms with Crippen LogP contribution in [0.3, 0.4) is 0 Å². The number of nitrogens with one attached hydrogen (secondary N) is 2. The van der Waals surface area contributed by atoms with Gasteiger partial charge in [0.05, 0.1) is 24.5 Å². The van der Waals surface area contributed by atoms with Crippen molar-refractivity contribution in [2.24, 2.45) is 0 Å². The Kier molecular flexibility index (Phi) is 5.09. The van der Waals surface area contributed by atoms with Crippen LogP contribution < -0.4 is 15.5 Å². The van der Waals surface area contributed by atoms with Crippen molar-refractivity contribution in [2.45, 2.75) is 13.0 Å². The molecule has 0 unspecified atom stereocenters. The summed E-state index contributed by atoms with van der Waals surface area (Å²) in [5, 5.41) is 5.81. The number of amides is 3. The Morgan fingerprint density at radius 2 is 2.00 bits per heavy atom. The van der Waals surface area contributed by atoms with Crippen LogP contribution in [0.25, 0.3) is 11.0 Å². The zero-order chi connectivity index (χ0) is 21.3. The standard InChI is InChI=1S/C21H18FN3O5/c1-12(26)23-10-15-11-25(21(28)29-15)14-6-7-17(16(22)9-14)24-20(27)19-8-13-4-2-3-5-18(13)30-19/h2-9,15H,10-11H2,1H3,(H,23,26)(H,24,27)/t15-/m0/s1. The number of benzene rings is 2. The minimum Gasteiger partial charge on any atom is -0.451 e. The summed E-state index contributed by atoms with van der Waals surface area (Å²) in [6.45, 7) is 1.71. The van der Waals surface area contributed by atoms with Crippen molar-refractivity contribution in [1.29, 1.82) is 0 Å². The smallest absolute Gasteiger partial charge is 0.414 e. The number of ether oxygens (including phenoxy) is 1. The SMILES string of the molecule is CC(=O)NC[C@H]1CN(c2ccc(NC(=O)c3cc4ccccc4o3)c(F)c2)C(=O)O1. The number of hydrogen-bond acceptors (Lipinski definition) is 5. The van der Waals surface area contributed by atoms with E-state index in [1.54, 1.807) is 24.3 Å². The van der Waals surface area contributed by atoms with Crippen LogP contribution in [0.5, 0.6) is 0 Å². The van der Waals surface area contributed by atoms with E-state index in [4.69, 9.17) is 9.15 Å². The topological polar surface area (TPSA) is 101 Å². The van der Waals surface area contributed by atoms with Crippen molar-refractivity contribution in [2.75, 3.05) is 23.3 Å². The summed E-state index contributed by atoms with van der Waals surface area (Å²) in [5.74, 6) is -1.48. The summed E-state index contributed by atoms with van der Waals surface area (Å²) in [6, 6.07) is 12.7. The second-order valence-corrected chi connectivity index (χ2v) is 6.82. The molecule has 4 rings (SSSR count). The highest BCUT2D eigenvalue weighted by molar-refractivity contribution is 6.04. The first kappa shape index (κ1) is 19.4. The van der Waals surface area contributed by atoms with Gasteiger partial charge in [-0.05, 0) is 30.3 Å². The van der Waals surface area contributed by atoms with Crippen LogP contribution in [0.15, 0.2) is 52.9 Å². The van der Waals surface area contributed by atoms with E-state index in [-0.39, 0.29) is 36.1 Å². The molecule has 1 saturated heterocycles. The molecule has 3 amide bonds. The Morgan fingerprint density at radius 3 is 2.73 bits per heavy atom. The first-order valence-corrected chi connectivity index (χ1v) is 9.23. The van der Waals surface area contributed by atoms with Crippen LogP contribution in [0, 0.1) is 5.82 Å². The maximum absolute atomic E-state index is 14.6. The molecule has 0 spiro atoms. The molecule has 0 saturated carbocycles. The molecule has 9 heteroatoms. The minimum atomic E-state index is -0.713. The maximum Gasteiger partial charge on any atom is 0.414 e. The Morgan fingerprint density at radius 1 is 1.20 bits per heavy atom. The molecular formula is C21H18FN3O5. The summed E-state index contributed by atoms with van der Waals surface area (Å²) >= 11 is 0. The van der Waals surface area contributed by atoms with Crippen molar-refractivity contribution >= 4 is 40.3 Å². The zero-order valence-electron chi connectivity index (χ0n) is 16.0. The fourth-order valence-corrected chi connectivity index (χ4v) is 3.15. The van der Waals surface area contributed by atoms with Gasteiger partial charge < -0.3 is 19.8 Å². The molecule has 2 N–H and O–H groups in total. The third-order valence-electron chi connectivity index (χ3n) is 4.61. The van der Waals surface area contributed by atoms with E-state index < -0.39 is 23.9 Å². The van der Waals surface area contributed by atoms with Gasteiger partial charge in [0.15, 0.2) is 5.76 Å². The summed E-state index contributed by atoms with van der Waals surface area (Å²) in [5.41, 5.74) is 0.788. The number of cyclic esters (lactones) is 1. The number of carbonyl (C=O) groups excluding carboxylic acids is 3. The molecular weight excluding hydrogens is 393 g/mol. The molecule has 1 aromatic heterocycles. The first-order valence-electron chi connectivity index (χ1n) is 9.23. The highest BCUT2D eigenvalue weighted by Crippen LogP contribution is 2.27. The highest BCUT2D eigenvalue weighted by Gasteiger charge is 2.32. The number of halogens is 1. The number of hydrogen-bond donors (Lipinski definition) is 2. The van der Waals surface area contributed by atoms with Crippen LogP contribution in [0.4, 0.5) is 20.6 Å². The van der Waals surface area contributed by atoms with Gasteiger partial charge >= 0.3 is 6.09 Å².